The smallest absolute Gasteiger partial charge is 0.261 e. The van der Waals surface area contributed by atoms with Gasteiger partial charge in [-0.05, 0) is 149 Å². The first kappa shape index (κ1) is 39.6. The molecule has 6 aromatic rings. The maximum atomic E-state index is 11.3. The zero-order chi connectivity index (χ0) is 38.4. The molecule has 1 N–H and O–H groups in total. The van der Waals surface area contributed by atoms with Crippen LogP contribution in [-0.2, 0) is 10.1 Å². The maximum Gasteiger partial charge on any atom is 0.261 e. The molecule has 0 saturated heterocycles. The molecule has 0 saturated carbocycles. The molecule has 9 nitrogen and oxygen atoms in total. The average molecular weight is 733 g/mol. The summed E-state index contributed by atoms with van der Waals surface area (Å²) in [5.41, 5.74) is 3.73. The van der Waals surface area contributed by atoms with E-state index in [4.69, 9.17) is 23.5 Å². The van der Waals surface area contributed by atoms with Gasteiger partial charge in [-0.3, -0.25) is 14.1 Å². The summed E-state index contributed by atoms with van der Waals surface area (Å²) in [5, 5.41) is 0. The quantitative estimate of drug-likeness (QED) is 0.108. The SMILES string of the molecule is CC(=O)c1ccc(Oc2ccc(Oc3ccc(C)cc3)cc2)cc1.CC(=O)c1ccc(Oc2ccc(Oc3ccc(C)cc3)cc2)cc1.CS(=O)(=O)O. The first-order valence-corrected chi connectivity index (χ1v) is 18.2. The third-order valence-electron chi connectivity index (χ3n) is 7.15. The van der Waals surface area contributed by atoms with Gasteiger partial charge in [0.25, 0.3) is 10.1 Å². The Hall–Kier alpha value is -6.23. The number of benzene rings is 6. The van der Waals surface area contributed by atoms with Gasteiger partial charge in [-0.2, -0.15) is 8.42 Å². The third-order valence-corrected chi connectivity index (χ3v) is 7.15. The summed E-state index contributed by atoms with van der Waals surface area (Å²) >= 11 is 0. The predicted octanol–water partition coefficient (Wildman–Crippen LogP) is 11.1. The summed E-state index contributed by atoms with van der Waals surface area (Å²) in [6.45, 7) is 7.17. The first-order valence-electron chi connectivity index (χ1n) is 16.4. The standard InChI is InChI=1S/2C21H18O3.CH4O3S/c2*1-15-3-7-18(8-4-15)23-20-11-13-21(14-12-20)24-19-9-5-17(6-10-19)16(2)22;1-5(2,3)4/h2*3-14H,1-2H3;1H3,(H,2,3,4). The fourth-order valence-electron chi connectivity index (χ4n) is 4.42. The van der Waals surface area contributed by atoms with Gasteiger partial charge in [-0.15, -0.1) is 0 Å². The number of carbonyl (C=O) groups excluding carboxylic acids is 2. The lowest BCUT2D eigenvalue weighted by Gasteiger charge is -2.09. The molecule has 0 aliphatic carbocycles. The lowest BCUT2D eigenvalue weighted by molar-refractivity contribution is 0.100. The number of ether oxygens (including phenoxy) is 4. The molecule has 272 valence electrons. The monoisotopic (exact) mass is 732 g/mol. The fourth-order valence-corrected chi connectivity index (χ4v) is 4.42. The van der Waals surface area contributed by atoms with Crippen molar-refractivity contribution in [2.45, 2.75) is 27.7 Å². The minimum atomic E-state index is -3.67. The van der Waals surface area contributed by atoms with Crippen LogP contribution >= 0.6 is 0 Å². The van der Waals surface area contributed by atoms with E-state index >= 15 is 0 Å². The van der Waals surface area contributed by atoms with Crippen LogP contribution in [0, 0.1) is 13.8 Å². The van der Waals surface area contributed by atoms with Crippen LogP contribution in [0.4, 0.5) is 0 Å². The summed E-state index contributed by atoms with van der Waals surface area (Å²) < 4.78 is 49.0. The minimum absolute atomic E-state index is 0.0409. The van der Waals surface area contributed by atoms with E-state index in [2.05, 4.69) is 0 Å². The second-order valence-corrected chi connectivity index (χ2v) is 13.3. The van der Waals surface area contributed by atoms with E-state index in [1.807, 2.05) is 111 Å². The molecular weight excluding hydrogens is 693 g/mol. The molecule has 0 amide bonds. The van der Waals surface area contributed by atoms with E-state index in [-0.39, 0.29) is 11.6 Å². The van der Waals surface area contributed by atoms with Crippen LogP contribution in [0.25, 0.3) is 0 Å². The minimum Gasteiger partial charge on any atom is -0.457 e. The van der Waals surface area contributed by atoms with Crippen molar-refractivity contribution >= 4 is 21.7 Å². The number of carbonyl (C=O) groups is 2. The van der Waals surface area contributed by atoms with E-state index in [1.165, 1.54) is 11.1 Å². The molecule has 0 aromatic heterocycles. The lowest BCUT2D eigenvalue weighted by atomic mass is 10.1. The summed E-state index contributed by atoms with van der Waals surface area (Å²) in [6, 6.07) is 44.8. The summed E-state index contributed by atoms with van der Waals surface area (Å²) in [7, 11) is -3.67. The molecule has 0 spiro atoms. The number of aryl methyl sites for hydroxylation is 2. The van der Waals surface area contributed by atoms with Gasteiger partial charge in [0.1, 0.15) is 46.0 Å². The molecule has 6 rings (SSSR count). The van der Waals surface area contributed by atoms with Crippen molar-refractivity contribution in [1.29, 1.82) is 0 Å². The third kappa shape index (κ3) is 14.5. The Morgan fingerprint density at radius 1 is 0.396 bits per heavy atom. The van der Waals surface area contributed by atoms with Crippen molar-refractivity contribution in [1.82, 2.24) is 0 Å². The summed E-state index contributed by atoms with van der Waals surface area (Å²) in [5.74, 6) is 5.97. The number of Topliss-reactive ketones (excluding diaryl/α,β-unsaturated/α-hetero) is 2. The van der Waals surface area contributed by atoms with Crippen LogP contribution in [0.15, 0.2) is 146 Å². The van der Waals surface area contributed by atoms with Gasteiger partial charge in [-0.1, -0.05) is 35.4 Å². The molecule has 0 unspecified atom stereocenters. The zero-order valence-corrected chi connectivity index (χ0v) is 30.8. The van der Waals surface area contributed by atoms with E-state index in [9.17, 15) is 18.0 Å². The van der Waals surface area contributed by atoms with Gasteiger partial charge in [0.15, 0.2) is 11.6 Å². The number of rotatable bonds is 10. The highest BCUT2D eigenvalue weighted by Crippen LogP contribution is 2.29. The highest BCUT2D eigenvalue weighted by atomic mass is 32.2. The van der Waals surface area contributed by atoms with Crippen LogP contribution < -0.4 is 18.9 Å². The van der Waals surface area contributed by atoms with Crippen LogP contribution in [0.2, 0.25) is 0 Å². The van der Waals surface area contributed by atoms with Crippen molar-refractivity contribution in [2.24, 2.45) is 0 Å². The molecule has 0 radical (unpaired) electrons. The second kappa shape index (κ2) is 18.8. The topological polar surface area (TPSA) is 125 Å². The van der Waals surface area contributed by atoms with Crippen molar-refractivity contribution in [3.8, 4) is 46.0 Å². The Balaban J connectivity index is 0.000000210. The van der Waals surface area contributed by atoms with Gasteiger partial charge >= 0.3 is 0 Å². The van der Waals surface area contributed by atoms with Crippen molar-refractivity contribution in [2.75, 3.05) is 6.26 Å². The van der Waals surface area contributed by atoms with Gasteiger partial charge < -0.3 is 18.9 Å². The van der Waals surface area contributed by atoms with Crippen molar-refractivity contribution < 1.29 is 41.5 Å². The Kier molecular flexibility index (Phi) is 14.1. The van der Waals surface area contributed by atoms with E-state index in [0.29, 0.717) is 40.4 Å². The van der Waals surface area contributed by atoms with Gasteiger partial charge in [-0.25, -0.2) is 0 Å². The molecule has 0 fully saturated rings. The van der Waals surface area contributed by atoms with Crippen molar-refractivity contribution in [3.63, 3.8) is 0 Å². The normalized spacial score (nSPS) is 10.4. The van der Waals surface area contributed by atoms with E-state index in [1.54, 1.807) is 62.4 Å². The maximum absolute atomic E-state index is 11.3. The number of ketones is 2. The molecule has 0 aliphatic rings. The Morgan fingerprint density at radius 3 is 0.717 bits per heavy atom. The molecule has 10 heteroatoms. The van der Waals surface area contributed by atoms with Crippen molar-refractivity contribution in [3.05, 3.63) is 168 Å². The first-order chi connectivity index (χ1) is 25.2. The second-order valence-electron chi connectivity index (χ2n) is 11.9. The molecule has 0 atom stereocenters. The van der Waals surface area contributed by atoms with Crippen LogP contribution in [0.1, 0.15) is 45.7 Å². The lowest BCUT2D eigenvalue weighted by Crippen LogP contribution is -1.91. The van der Waals surface area contributed by atoms with Gasteiger partial charge in [0.05, 0.1) is 6.26 Å². The molecule has 0 aliphatic heterocycles. The predicted molar refractivity (Wildman–Crippen MR) is 206 cm³/mol. The largest absolute Gasteiger partial charge is 0.457 e. The highest BCUT2D eigenvalue weighted by molar-refractivity contribution is 7.85. The van der Waals surface area contributed by atoms with Gasteiger partial charge in [0, 0.05) is 11.1 Å². The van der Waals surface area contributed by atoms with E-state index < -0.39 is 10.1 Å². The molecule has 0 heterocycles. The van der Waals surface area contributed by atoms with E-state index in [0.717, 1.165) is 23.0 Å². The van der Waals surface area contributed by atoms with Crippen LogP contribution in [0.3, 0.4) is 0 Å². The zero-order valence-electron chi connectivity index (χ0n) is 30.0. The number of hydrogen-bond donors (Lipinski definition) is 1. The Labute approximate surface area is 310 Å². The Morgan fingerprint density at radius 2 is 0.547 bits per heavy atom. The average Bonchev–Trinajstić information content (AvgIpc) is 3.12. The summed E-state index contributed by atoms with van der Waals surface area (Å²) in [4.78, 5) is 22.5. The number of hydrogen-bond acceptors (Lipinski definition) is 8. The van der Waals surface area contributed by atoms with Crippen LogP contribution in [0.5, 0.6) is 46.0 Å². The fraction of sp³-hybridized carbons (Fsp3) is 0.116. The van der Waals surface area contributed by atoms with Crippen LogP contribution in [-0.4, -0.2) is 30.8 Å². The summed E-state index contributed by atoms with van der Waals surface area (Å²) in [6.07, 6.45) is 0.715. The Bertz CT molecular complexity index is 2020. The molecular formula is C43H40O9S. The highest BCUT2D eigenvalue weighted by Gasteiger charge is 2.04. The molecule has 53 heavy (non-hydrogen) atoms. The molecule has 6 aromatic carbocycles. The van der Waals surface area contributed by atoms with Gasteiger partial charge in [0.2, 0.25) is 0 Å². The molecule has 0 bridgehead atoms.